The number of hydrogen-bond donors (Lipinski definition) is 1. The van der Waals surface area contributed by atoms with Gasteiger partial charge in [0.2, 0.25) is 11.7 Å². The van der Waals surface area contributed by atoms with Gasteiger partial charge in [0, 0.05) is 24.7 Å². The molecular weight excluding hydrogens is 484 g/mol. The van der Waals surface area contributed by atoms with Crippen molar-refractivity contribution in [3.8, 4) is 28.9 Å². The number of rotatable bonds is 9. The zero-order chi connectivity index (χ0) is 27.3. The lowest BCUT2D eigenvalue weighted by Gasteiger charge is -2.19. The first-order valence-corrected chi connectivity index (χ1v) is 13.0. The van der Waals surface area contributed by atoms with Crippen molar-refractivity contribution in [3.63, 3.8) is 0 Å². The predicted octanol–water partition coefficient (Wildman–Crippen LogP) is 5.43. The van der Waals surface area contributed by atoms with Gasteiger partial charge in [-0.05, 0) is 71.1 Å². The molecule has 3 aromatic rings. The fraction of sp³-hybridized carbons (Fsp3) is 0.464. The quantitative estimate of drug-likeness (QED) is 0.371. The van der Waals surface area contributed by atoms with Crippen LogP contribution in [0.25, 0.3) is 28.5 Å². The van der Waals surface area contributed by atoms with Gasteiger partial charge < -0.3 is 19.3 Å². The molecule has 0 unspecified atom stereocenters. The molecule has 0 fully saturated rings. The number of carbonyl (C=O) groups excluding carboxylic acids is 1. The molecule has 0 bridgehead atoms. The van der Waals surface area contributed by atoms with Crippen LogP contribution in [0.3, 0.4) is 0 Å². The van der Waals surface area contributed by atoms with E-state index in [1.165, 1.54) is 5.57 Å². The molecule has 10 nitrogen and oxygen atoms in total. The van der Waals surface area contributed by atoms with Gasteiger partial charge in [-0.2, -0.15) is 10.1 Å². The second-order valence-electron chi connectivity index (χ2n) is 10.2. The van der Waals surface area contributed by atoms with Gasteiger partial charge in [0.1, 0.15) is 5.60 Å². The van der Waals surface area contributed by atoms with E-state index in [2.05, 4.69) is 43.8 Å². The van der Waals surface area contributed by atoms with Crippen molar-refractivity contribution < 1.29 is 18.8 Å². The zero-order valence-electron chi connectivity index (χ0n) is 23.0. The SMILES string of the molecule is CCc1cc(-c2noc(-c3cc(C4=CC=CCC4)n(C)n3)n2)c(C)nc1OCCCNC(=O)OC(C)(C)C. The maximum atomic E-state index is 11.8. The van der Waals surface area contributed by atoms with Crippen molar-refractivity contribution in [1.82, 2.24) is 30.2 Å². The van der Waals surface area contributed by atoms with Crippen molar-refractivity contribution in [2.24, 2.45) is 7.05 Å². The van der Waals surface area contributed by atoms with E-state index in [1.54, 1.807) is 0 Å². The van der Waals surface area contributed by atoms with Crippen LogP contribution in [0.5, 0.6) is 5.88 Å². The van der Waals surface area contributed by atoms with Gasteiger partial charge in [0.05, 0.1) is 18.0 Å². The van der Waals surface area contributed by atoms with Gasteiger partial charge in [-0.3, -0.25) is 4.68 Å². The summed E-state index contributed by atoms with van der Waals surface area (Å²) >= 11 is 0. The minimum atomic E-state index is -0.523. The normalized spacial score (nSPS) is 13.4. The number of pyridine rings is 1. The third-order valence-corrected chi connectivity index (χ3v) is 5.97. The van der Waals surface area contributed by atoms with Gasteiger partial charge in [0.15, 0.2) is 5.69 Å². The number of carbonyl (C=O) groups is 1. The van der Waals surface area contributed by atoms with E-state index in [-0.39, 0.29) is 0 Å². The highest BCUT2D eigenvalue weighted by molar-refractivity contribution is 5.69. The highest BCUT2D eigenvalue weighted by atomic mass is 16.6. The van der Waals surface area contributed by atoms with E-state index < -0.39 is 11.7 Å². The number of hydrogen-bond acceptors (Lipinski definition) is 8. The van der Waals surface area contributed by atoms with Crippen LogP contribution >= 0.6 is 0 Å². The number of allylic oxidation sites excluding steroid dienone is 4. The van der Waals surface area contributed by atoms with Crippen LogP contribution in [0, 0.1) is 6.92 Å². The van der Waals surface area contributed by atoms with Crippen molar-refractivity contribution in [2.75, 3.05) is 13.2 Å². The maximum Gasteiger partial charge on any atom is 0.407 e. The molecule has 38 heavy (non-hydrogen) atoms. The molecule has 0 radical (unpaired) electrons. The highest BCUT2D eigenvalue weighted by Crippen LogP contribution is 2.30. The Balaban J connectivity index is 1.42. The summed E-state index contributed by atoms with van der Waals surface area (Å²) < 4.78 is 18.6. The maximum absolute atomic E-state index is 11.8. The van der Waals surface area contributed by atoms with Gasteiger partial charge in [-0.25, -0.2) is 9.78 Å². The van der Waals surface area contributed by atoms with E-state index in [1.807, 2.05) is 58.5 Å². The fourth-order valence-corrected chi connectivity index (χ4v) is 4.10. The lowest BCUT2D eigenvalue weighted by Crippen LogP contribution is -2.33. The number of nitrogens with one attached hydrogen (secondary N) is 1. The second kappa shape index (κ2) is 11.6. The Kier molecular flexibility index (Phi) is 8.29. The number of nitrogens with zero attached hydrogens (tertiary/aromatic N) is 5. The average molecular weight is 521 g/mol. The van der Waals surface area contributed by atoms with Crippen LogP contribution < -0.4 is 10.1 Å². The molecule has 0 saturated heterocycles. The highest BCUT2D eigenvalue weighted by Gasteiger charge is 2.20. The summed E-state index contributed by atoms with van der Waals surface area (Å²) in [6.07, 6.45) is 9.26. The summed E-state index contributed by atoms with van der Waals surface area (Å²) in [4.78, 5) is 21.1. The molecule has 4 rings (SSSR count). The molecule has 0 saturated carbocycles. The molecule has 1 amide bonds. The van der Waals surface area contributed by atoms with Gasteiger partial charge in [0.25, 0.3) is 5.89 Å². The number of ether oxygens (including phenoxy) is 2. The summed E-state index contributed by atoms with van der Waals surface area (Å²) in [6.45, 7) is 10.3. The molecule has 0 spiro atoms. The Morgan fingerprint density at radius 2 is 2.05 bits per heavy atom. The first-order chi connectivity index (χ1) is 18.1. The molecule has 1 N–H and O–H groups in total. The molecule has 1 aliphatic rings. The standard InChI is InChI=1S/C28H36N6O4/c1-7-19-16-21(18(2)30-25(19)36-15-11-14-29-27(35)37-28(3,4)5)24-31-26(38-33-24)22-17-23(34(6)32-22)20-12-9-8-10-13-20/h8-9,12,16-17H,7,10-11,13-15H2,1-6H3,(H,29,35). The summed E-state index contributed by atoms with van der Waals surface area (Å²) in [5.74, 6) is 1.39. The van der Waals surface area contributed by atoms with E-state index >= 15 is 0 Å². The van der Waals surface area contributed by atoms with E-state index in [0.29, 0.717) is 42.9 Å². The van der Waals surface area contributed by atoms with E-state index in [4.69, 9.17) is 14.0 Å². The number of amides is 1. The van der Waals surface area contributed by atoms with E-state index in [0.717, 1.165) is 41.8 Å². The van der Waals surface area contributed by atoms with Crippen molar-refractivity contribution in [1.29, 1.82) is 0 Å². The summed E-state index contributed by atoms with van der Waals surface area (Å²) in [5, 5.41) is 11.5. The second-order valence-corrected chi connectivity index (χ2v) is 10.2. The topological polar surface area (TPSA) is 117 Å². The zero-order valence-corrected chi connectivity index (χ0v) is 23.0. The van der Waals surface area contributed by atoms with Crippen LogP contribution in [0.15, 0.2) is 34.9 Å². The molecule has 10 heteroatoms. The molecular formula is C28H36N6O4. The van der Waals surface area contributed by atoms with Crippen LogP contribution in [0.4, 0.5) is 4.79 Å². The Morgan fingerprint density at radius 1 is 1.24 bits per heavy atom. The number of aromatic nitrogens is 5. The van der Waals surface area contributed by atoms with Crippen LogP contribution in [-0.4, -0.2) is 49.8 Å². The molecule has 0 aromatic carbocycles. The fourth-order valence-electron chi connectivity index (χ4n) is 4.10. The third-order valence-electron chi connectivity index (χ3n) is 5.97. The Morgan fingerprint density at radius 3 is 2.76 bits per heavy atom. The lowest BCUT2D eigenvalue weighted by molar-refractivity contribution is 0.0525. The molecule has 3 heterocycles. The molecule has 202 valence electrons. The molecule has 0 aliphatic heterocycles. The van der Waals surface area contributed by atoms with Crippen molar-refractivity contribution >= 4 is 11.7 Å². The van der Waals surface area contributed by atoms with Gasteiger partial charge in [-0.1, -0.05) is 30.3 Å². The number of alkyl carbamates (subject to hydrolysis) is 1. The minimum Gasteiger partial charge on any atom is -0.477 e. The monoisotopic (exact) mass is 520 g/mol. The first kappa shape index (κ1) is 27.1. The molecule has 1 aliphatic carbocycles. The summed E-state index contributed by atoms with van der Waals surface area (Å²) in [7, 11) is 1.92. The first-order valence-electron chi connectivity index (χ1n) is 13.0. The van der Waals surface area contributed by atoms with E-state index in [9.17, 15) is 4.79 Å². The van der Waals surface area contributed by atoms with Crippen LogP contribution in [0.1, 0.15) is 63.9 Å². The molecule has 3 aromatic heterocycles. The number of aryl methyl sites for hydroxylation is 3. The van der Waals surface area contributed by atoms with Crippen LogP contribution in [-0.2, 0) is 18.2 Å². The minimum absolute atomic E-state index is 0.365. The Bertz CT molecular complexity index is 1350. The van der Waals surface area contributed by atoms with Crippen molar-refractivity contribution in [2.45, 2.75) is 65.9 Å². The predicted molar refractivity (Wildman–Crippen MR) is 145 cm³/mol. The largest absolute Gasteiger partial charge is 0.477 e. The van der Waals surface area contributed by atoms with Crippen molar-refractivity contribution in [3.05, 3.63) is 47.3 Å². The molecule has 0 atom stereocenters. The third kappa shape index (κ3) is 6.67. The Labute approximate surface area is 223 Å². The van der Waals surface area contributed by atoms with Crippen LogP contribution in [0.2, 0.25) is 0 Å². The smallest absolute Gasteiger partial charge is 0.407 e. The summed E-state index contributed by atoms with van der Waals surface area (Å²) in [5.41, 5.74) is 4.84. The average Bonchev–Trinajstić information content (AvgIpc) is 3.50. The summed E-state index contributed by atoms with van der Waals surface area (Å²) in [6, 6.07) is 3.98. The Hall–Kier alpha value is -3.95. The van der Waals surface area contributed by atoms with Gasteiger partial charge in [-0.15, -0.1) is 0 Å². The lowest BCUT2D eigenvalue weighted by atomic mass is 10.0. The van der Waals surface area contributed by atoms with Gasteiger partial charge >= 0.3 is 6.09 Å².